The minimum absolute atomic E-state index is 0.294. The van der Waals surface area contributed by atoms with Gasteiger partial charge in [-0.3, -0.25) is 0 Å². The van der Waals surface area contributed by atoms with Crippen molar-refractivity contribution in [1.82, 2.24) is 0 Å². The number of aromatic hydroxyl groups is 4. The van der Waals surface area contributed by atoms with E-state index in [2.05, 4.69) is 185 Å². The van der Waals surface area contributed by atoms with Crippen LogP contribution in [-0.4, -0.2) is 20.4 Å². The first-order chi connectivity index (χ1) is 37.8. The minimum Gasteiger partial charge on any atom is -0.508 e. The number of rotatable bonds is 5. The first kappa shape index (κ1) is 56.2. The van der Waals surface area contributed by atoms with Gasteiger partial charge in [-0.05, 0) is 222 Å². The lowest BCUT2D eigenvalue weighted by Crippen LogP contribution is -2.28. The Bertz CT molecular complexity index is 3520. The predicted molar refractivity (Wildman–Crippen MR) is 329 cm³/mol. The molecule has 0 aliphatic heterocycles. The molecule has 4 N–H and O–H groups in total. The molecule has 0 fully saturated rings. The molecule has 2 aliphatic rings. The van der Waals surface area contributed by atoms with E-state index in [1.807, 2.05) is 77.9 Å². The minimum atomic E-state index is -0.510. The lowest BCUT2D eigenvalue weighted by atomic mass is 9.67. The number of allylic oxidation sites excluding steroid dienone is 4. The maximum absolute atomic E-state index is 10.2. The van der Waals surface area contributed by atoms with Crippen molar-refractivity contribution in [3.8, 4) is 34.1 Å². The van der Waals surface area contributed by atoms with E-state index in [1.54, 1.807) is 24.3 Å². The molecule has 0 spiro atoms. The van der Waals surface area contributed by atoms with Gasteiger partial charge >= 0.3 is 0 Å². The van der Waals surface area contributed by atoms with E-state index < -0.39 is 5.41 Å². The standard InChI is InChI=1S/C27H22O2.C21H21N.C12H12O2.C7H10.C6H8O/c1-17-15-19(11-13-25(17)28)27(20-12-14-26(29)18(2)16-20)23-9-5-3-7-21(23)22-8-4-6-10-24(22)27;1-16-4-10-19(11-5-16)22(20-12-6-17(2)7-13-20)21-14-8-18(3)9-15-21;1-7-9-3-6-12(14)8(2)10(9)4-5-11(7)13;1-6-3-4-7(2)5-6;1-5-3-4-6(2)7-5/h3-16,28-29H,1-2H3;4-15H,1-3H3;3-6,13-14H,1-2H3;3-4H,5H2,1-2H3;3-4H,1-2H3. The van der Waals surface area contributed by atoms with Crippen LogP contribution in [-0.2, 0) is 5.41 Å². The van der Waals surface area contributed by atoms with Crippen LogP contribution in [0.4, 0.5) is 17.1 Å². The third kappa shape index (κ3) is 12.6. The number of nitrogens with zero attached hydrogens (tertiary/aromatic N) is 1. The van der Waals surface area contributed by atoms with Crippen molar-refractivity contribution in [1.29, 1.82) is 0 Å². The molecule has 0 bridgehead atoms. The van der Waals surface area contributed by atoms with Crippen LogP contribution in [0.5, 0.6) is 23.0 Å². The number of anilines is 3. The Morgan fingerprint density at radius 2 is 0.709 bits per heavy atom. The van der Waals surface area contributed by atoms with Crippen molar-refractivity contribution < 1.29 is 24.8 Å². The number of phenolic OH excluding ortho intramolecular Hbond substituents is 4. The maximum atomic E-state index is 10.2. The van der Waals surface area contributed by atoms with Crippen LogP contribution in [0.1, 0.15) is 93.0 Å². The summed E-state index contributed by atoms with van der Waals surface area (Å²) < 4.78 is 5.08. The van der Waals surface area contributed by atoms with E-state index in [1.165, 1.54) is 73.6 Å². The Kier molecular flexibility index (Phi) is 17.5. The fourth-order valence-electron chi connectivity index (χ4n) is 10.4. The largest absolute Gasteiger partial charge is 0.508 e. The fraction of sp³-hybridized carbons (Fsp3) is 0.178. The van der Waals surface area contributed by atoms with E-state index in [9.17, 15) is 20.4 Å². The number of furan rings is 1. The lowest BCUT2D eigenvalue weighted by molar-refractivity contribution is 0.470. The summed E-state index contributed by atoms with van der Waals surface area (Å²) in [5, 5.41) is 41.4. The Labute approximate surface area is 467 Å². The molecule has 0 atom stereocenters. The number of fused-ring (bicyclic) bond motifs is 4. The summed E-state index contributed by atoms with van der Waals surface area (Å²) in [6, 6.07) is 65.7. The lowest BCUT2D eigenvalue weighted by Gasteiger charge is -2.34. The van der Waals surface area contributed by atoms with Crippen LogP contribution in [0, 0.1) is 62.3 Å². The summed E-state index contributed by atoms with van der Waals surface area (Å²) in [7, 11) is 0. The highest BCUT2D eigenvalue weighted by Crippen LogP contribution is 2.56. The summed E-state index contributed by atoms with van der Waals surface area (Å²) >= 11 is 0. The van der Waals surface area contributed by atoms with Crippen molar-refractivity contribution >= 4 is 27.8 Å². The second kappa shape index (κ2) is 24.6. The van der Waals surface area contributed by atoms with Gasteiger partial charge in [0.2, 0.25) is 0 Å². The van der Waals surface area contributed by atoms with E-state index >= 15 is 0 Å². The molecule has 0 saturated carbocycles. The Balaban J connectivity index is 0.000000144. The van der Waals surface area contributed by atoms with Crippen molar-refractivity contribution in [2.24, 2.45) is 0 Å². The zero-order chi connectivity index (χ0) is 56.5. The molecule has 2 aliphatic carbocycles. The van der Waals surface area contributed by atoms with Gasteiger partial charge in [-0.1, -0.05) is 161 Å². The van der Waals surface area contributed by atoms with Gasteiger partial charge in [-0.25, -0.2) is 0 Å². The van der Waals surface area contributed by atoms with Gasteiger partial charge in [0.05, 0.1) is 5.41 Å². The van der Waals surface area contributed by atoms with Gasteiger partial charge in [-0.15, -0.1) is 0 Å². The van der Waals surface area contributed by atoms with Crippen LogP contribution in [0.25, 0.3) is 21.9 Å². The molecule has 0 amide bonds. The van der Waals surface area contributed by atoms with Crippen LogP contribution in [0.2, 0.25) is 0 Å². The van der Waals surface area contributed by atoms with Gasteiger partial charge in [-0.2, -0.15) is 0 Å². The average Bonchev–Trinajstić information content (AvgIpc) is 3.47. The molecule has 400 valence electrons. The summed E-state index contributed by atoms with van der Waals surface area (Å²) in [5.74, 6) is 3.15. The third-order valence-electron chi connectivity index (χ3n) is 14.9. The summed E-state index contributed by atoms with van der Waals surface area (Å²) in [5.41, 5.74) is 20.3. The Hall–Kier alpha value is -9.00. The molecular formula is C73H73NO5. The molecule has 6 nitrogen and oxygen atoms in total. The number of hydrogen-bond acceptors (Lipinski definition) is 6. The highest BCUT2D eigenvalue weighted by molar-refractivity contribution is 5.91. The molecule has 0 saturated heterocycles. The van der Waals surface area contributed by atoms with E-state index in [-0.39, 0.29) is 0 Å². The highest BCUT2D eigenvalue weighted by atomic mass is 16.3. The average molecular weight is 1040 g/mol. The molecule has 0 radical (unpaired) electrons. The number of aryl methyl sites for hydroxylation is 9. The number of benzene rings is 9. The second-order valence-electron chi connectivity index (χ2n) is 21.1. The maximum Gasteiger partial charge on any atom is 0.119 e. The Morgan fingerprint density at radius 3 is 1.01 bits per heavy atom. The van der Waals surface area contributed by atoms with Crippen LogP contribution in [0.15, 0.2) is 222 Å². The zero-order valence-electron chi connectivity index (χ0n) is 47.5. The van der Waals surface area contributed by atoms with Crippen molar-refractivity contribution in [2.75, 3.05) is 4.90 Å². The van der Waals surface area contributed by atoms with Gasteiger partial charge in [0, 0.05) is 17.1 Å². The van der Waals surface area contributed by atoms with Crippen LogP contribution in [0.3, 0.4) is 0 Å². The van der Waals surface area contributed by atoms with Gasteiger partial charge in [0.25, 0.3) is 0 Å². The monoisotopic (exact) mass is 1040 g/mol. The molecule has 10 aromatic rings. The van der Waals surface area contributed by atoms with E-state index in [0.717, 1.165) is 55.7 Å². The zero-order valence-corrected chi connectivity index (χ0v) is 47.5. The summed E-state index contributed by atoms with van der Waals surface area (Å²) in [6.07, 6.45) is 5.55. The van der Waals surface area contributed by atoms with Crippen molar-refractivity contribution in [3.63, 3.8) is 0 Å². The second-order valence-corrected chi connectivity index (χ2v) is 21.1. The molecule has 79 heavy (non-hydrogen) atoms. The molecule has 12 rings (SSSR count). The van der Waals surface area contributed by atoms with Crippen molar-refractivity contribution in [3.05, 3.63) is 290 Å². The van der Waals surface area contributed by atoms with Gasteiger partial charge in [0.15, 0.2) is 0 Å². The smallest absolute Gasteiger partial charge is 0.119 e. The summed E-state index contributed by atoms with van der Waals surface area (Å²) in [6.45, 7) is 22.1. The number of phenols is 4. The normalized spacial score (nSPS) is 12.4. The first-order valence-electron chi connectivity index (χ1n) is 26.9. The fourth-order valence-corrected chi connectivity index (χ4v) is 10.4. The quantitative estimate of drug-likeness (QED) is 0.137. The molecule has 6 heteroatoms. The predicted octanol–water partition coefficient (Wildman–Crippen LogP) is 19.2. The van der Waals surface area contributed by atoms with E-state index in [4.69, 9.17) is 4.42 Å². The van der Waals surface area contributed by atoms with Crippen LogP contribution >= 0.6 is 0 Å². The molecule has 9 aromatic carbocycles. The molecule has 1 heterocycles. The first-order valence-corrected chi connectivity index (χ1v) is 26.9. The Morgan fingerprint density at radius 1 is 0.367 bits per heavy atom. The summed E-state index contributed by atoms with van der Waals surface area (Å²) in [4.78, 5) is 2.29. The molecular weight excluding hydrogens is 971 g/mol. The number of hydrogen-bond donors (Lipinski definition) is 4. The topological polar surface area (TPSA) is 97.3 Å². The van der Waals surface area contributed by atoms with Crippen LogP contribution < -0.4 is 4.90 Å². The SMILES string of the molecule is CC1=CC=C(C)C1.Cc1c(O)ccc2c(C)c(O)ccc12.Cc1cc(C2(c3ccc(O)c(C)c3)c3ccccc3-c3ccccc32)ccc1O.Cc1ccc(C)o1.Cc1ccc(N(c2ccc(C)cc2)c2ccc(C)cc2)cc1. The third-order valence-corrected chi connectivity index (χ3v) is 14.9. The molecule has 0 unspecified atom stereocenters. The van der Waals surface area contributed by atoms with Gasteiger partial charge < -0.3 is 29.7 Å². The van der Waals surface area contributed by atoms with E-state index in [0.29, 0.717) is 23.0 Å². The van der Waals surface area contributed by atoms with Crippen molar-refractivity contribution in [2.45, 2.75) is 88.0 Å². The molecule has 1 aromatic heterocycles. The van der Waals surface area contributed by atoms with Gasteiger partial charge in [0.1, 0.15) is 34.5 Å². The highest BCUT2D eigenvalue weighted by Gasteiger charge is 2.46.